The summed E-state index contributed by atoms with van der Waals surface area (Å²) in [4.78, 5) is 0. The predicted octanol–water partition coefficient (Wildman–Crippen LogP) is 6.22. The number of phenols is 1. The van der Waals surface area contributed by atoms with E-state index in [1.54, 1.807) is 18.2 Å². The SMILES string of the molecule is C=C[C@H]([C@H](O)CC/C(=C/c1cc(Br)ccc1O)c1ccccc1)[C@H](O)COCc1ccccc1. The minimum Gasteiger partial charge on any atom is -0.507 e. The minimum atomic E-state index is -0.866. The molecule has 0 aliphatic rings. The molecule has 3 rings (SSSR count). The van der Waals surface area contributed by atoms with Crippen LogP contribution in [0.2, 0.25) is 0 Å². The van der Waals surface area contributed by atoms with Crippen molar-refractivity contribution in [2.45, 2.75) is 31.7 Å². The molecule has 3 aromatic rings. The van der Waals surface area contributed by atoms with Crippen molar-refractivity contribution in [1.29, 1.82) is 0 Å². The highest BCUT2D eigenvalue weighted by atomic mass is 79.9. The van der Waals surface area contributed by atoms with E-state index in [9.17, 15) is 15.3 Å². The van der Waals surface area contributed by atoms with Crippen LogP contribution in [0.4, 0.5) is 0 Å². The van der Waals surface area contributed by atoms with Crippen molar-refractivity contribution in [2.75, 3.05) is 6.61 Å². The second kappa shape index (κ2) is 13.3. The number of aliphatic hydroxyl groups is 2. The summed E-state index contributed by atoms with van der Waals surface area (Å²) in [6.45, 7) is 4.32. The average molecular weight is 523 g/mol. The third kappa shape index (κ3) is 7.67. The zero-order valence-corrected chi connectivity index (χ0v) is 20.6. The highest BCUT2D eigenvalue weighted by Gasteiger charge is 2.24. The third-order valence-corrected chi connectivity index (χ3v) is 6.23. The molecule has 178 valence electrons. The van der Waals surface area contributed by atoms with Crippen molar-refractivity contribution in [3.63, 3.8) is 0 Å². The number of hydrogen-bond donors (Lipinski definition) is 3. The zero-order valence-electron chi connectivity index (χ0n) is 19.1. The number of aromatic hydroxyl groups is 1. The standard InChI is InChI=1S/C29H31BrO4/c1-2-26(29(33)20-34-19-21-9-5-3-6-10-21)28(32)15-13-23(22-11-7-4-8-12-22)17-24-18-25(30)14-16-27(24)31/h2-12,14,16-18,26,28-29,31-33H,1,13,15,19-20H2/b23-17-/t26-,28-,29-/m1/s1. The number of rotatable bonds is 12. The van der Waals surface area contributed by atoms with Crippen LogP contribution in [0.1, 0.15) is 29.5 Å². The van der Waals surface area contributed by atoms with Crippen LogP contribution in [0.25, 0.3) is 11.6 Å². The van der Waals surface area contributed by atoms with Gasteiger partial charge in [-0.2, -0.15) is 0 Å². The number of hydrogen-bond acceptors (Lipinski definition) is 4. The average Bonchev–Trinajstić information content (AvgIpc) is 2.85. The molecule has 0 aliphatic carbocycles. The van der Waals surface area contributed by atoms with Crippen molar-refractivity contribution in [2.24, 2.45) is 5.92 Å². The van der Waals surface area contributed by atoms with Crippen LogP contribution in [0.5, 0.6) is 5.75 Å². The zero-order chi connectivity index (χ0) is 24.3. The van der Waals surface area contributed by atoms with Crippen LogP contribution >= 0.6 is 15.9 Å². The fraction of sp³-hybridized carbons (Fsp3) is 0.241. The number of ether oxygens (including phenoxy) is 1. The number of aliphatic hydroxyl groups excluding tert-OH is 2. The Morgan fingerprint density at radius 3 is 2.29 bits per heavy atom. The van der Waals surface area contributed by atoms with E-state index in [1.165, 1.54) is 0 Å². The number of allylic oxidation sites excluding steroid dienone is 1. The fourth-order valence-electron chi connectivity index (χ4n) is 3.83. The molecule has 0 unspecified atom stereocenters. The van der Waals surface area contributed by atoms with Gasteiger partial charge in [0.15, 0.2) is 0 Å². The van der Waals surface area contributed by atoms with Gasteiger partial charge < -0.3 is 20.1 Å². The molecular formula is C29H31BrO4. The molecule has 0 saturated heterocycles. The molecule has 0 aliphatic heterocycles. The van der Waals surface area contributed by atoms with E-state index in [0.29, 0.717) is 25.0 Å². The van der Waals surface area contributed by atoms with Crippen molar-refractivity contribution in [3.8, 4) is 5.75 Å². The molecule has 0 aromatic heterocycles. The van der Waals surface area contributed by atoms with Gasteiger partial charge in [0.1, 0.15) is 5.75 Å². The van der Waals surface area contributed by atoms with Gasteiger partial charge in [0.05, 0.1) is 25.4 Å². The van der Waals surface area contributed by atoms with Crippen molar-refractivity contribution in [3.05, 3.63) is 113 Å². The highest BCUT2D eigenvalue weighted by molar-refractivity contribution is 9.10. The fourth-order valence-corrected chi connectivity index (χ4v) is 4.21. The third-order valence-electron chi connectivity index (χ3n) is 5.73. The summed E-state index contributed by atoms with van der Waals surface area (Å²) in [6, 6.07) is 24.9. The molecule has 0 amide bonds. The Labute approximate surface area is 210 Å². The molecular weight excluding hydrogens is 492 g/mol. The molecule has 3 aromatic carbocycles. The molecule has 0 radical (unpaired) electrons. The summed E-state index contributed by atoms with van der Waals surface area (Å²) in [6.07, 6.45) is 2.84. The summed E-state index contributed by atoms with van der Waals surface area (Å²) in [5.41, 5.74) is 3.71. The molecule has 0 bridgehead atoms. The first-order valence-corrected chi connectivity index (χ1v) is 12.1. The maximum absolute atomic E-state index is 10.9. The summed E-state index contributed by atoms with van der Waals surface area (Å²) in [5.74, 6) is -0.334. The summed E-state index contributed by atoms with van der Waals surface area (Å²) in [7, 11) is 0. The Hall–Kier alpha value is -2.70. The lowest BCUT2D eigenvalue weighted by Crippen LogP contribution is -2.33. The summed E-state index contributed by atoms with van der Waals surface area (Å²) >= 11 is 3.45. The largest absolute Gasteiger partial charge is 0.507 e. The number of benzene rings is 3. The van der Waals surface area contributed by atoms with E-state index in [1.807, 2.05) is 72.8 Å². The summed E-state index contributed by atoms with van der Waals surface area (Å²) < 4.78 is 6.53. The van der Waals surface area contributed by atoms with E-state index in [2.05, 4.69) is 22.5 Å². The van der Waals surface area contributed by atoms with Gasteiger partial charge in [-0.1, -0.05) is 82.7 Å². The summed E-state index contributed by atoms with van der Waals surface area (Å²) in [5, 5.41) is 31.8. The Kier molecular flexibility index (Phi) is 10.1. The minimum absolute atomic E-state index is 0.107. The second-order valence-corrected chi connectivity index (χ2v) is 9.14. The van der Waals surface area contributed by atoms with E-state index < -0.39 is 18.1 Å². The quantitative estimate of drug-likeness (QED) is 0.195. The Morgan fingerprint density at radius 1 is 0.941 bits per heavy atom. The molecule has 34 heavy (non-hydrogen) atoms. The van der Waals surface area contributed by atoms with E-state index in [4.69, 9.17) is 4.74 Å². The Morgan fingerprint density at radius 2 is 1.62 bits per heavy atom. The molecule has 3 N–H and O–H groups in total. The molecule has 0 saturated carbocycles. The Balaban J connectivity index is 1.66. The van der Waals surface area contributed by atoms with Crippen LogP contribution in [-0.2, 0) is 11.3 Å². The normalized spacial score (nSPS) is 14.4. The molecule has 0 heterocycles. The first kappa shape index (κ1) is 25.9. The molecule has 5 heteroatoms. The predicted molar refractivity (Wildman–Crippen MR) is 141 cm³/mol. The van der Waals surface area contributed by atoms with Crippen LogP contribution < -0.4 is 0 Å². The molecule has 3 atom stereocenters. The van der Waals surface area contributed by atoms with Gasteiger partial charge in [-0.15, -0.1) is 6.58 Å². The van der Waals surface area contributed by atoms with Gasteiger partial charge in [-0.3, -0.25) is 0 Å². The van der Waals surface area contributed by atoms with Gasteiger partial charge in [-0.05, 0) is 53.8 Å². The second-order valence-electron chi connectivity index (χ2n) is 8.23. The lowest BCUT2D eigenvalue weighted by atomic mass is 9.90. The van der Waals surface area contributed by atoms with Crippen LogP contribution in [-0.4, -0.2) is 34.1 Å². The first-order chi connectivity index (χ1) is 16.5. The van der Waals surface area contributed by atoms with Crippen LogP contribution in [0, 0.1) is 5.92 Å². The van der Waals surface area contributed by atoms with Crippen molar-refractivity contribution >= 4 is 27.6 Å². The smallest absolute Gasteiger partial charge is 0.122 e. The topological polar surface area (TPSA) is 69.9 Å². The van der Waals surface area contributed by atoms with Gasteiger partial charge in [-0.25, -0.2) is 0 Å². The van der Waals surface area contributed by atoms with Crippen LogP contribution in [0.15, 0.2) is 96.0 Å². The first-order valence-electron chi connectivity index (χ1n) is 11.3. The van der Waals surface area contributed by atoms with Crippen molar-refractivity contribution < 1.29 is 20.1 Å². The van der Waals surface area contributed by atoms with Gasteiger partial charge in [0.2, 0.25) is 0 Å². The Bertz CT molecular complexity index is 1070. The lowest BCUT2D eigenvalue weighted by molar-refractivity contribution is -0.0270. The van der Waals surface area contributed by atoms with Gasteiger partial charge in [0.25, 0.3) is 0 Å². The van der Waals surface area contributed by atoms with E-state index in [0.717, 1.165) is 21.2 Å². The molecule has 0 spiro atoms. The molecule has 0 fully saturated rings. The van der Waals surface area contributed by atoms with Crippen molar-refractivity contribution in [1.82, 2.24) is 0 Å². The van der Waals surface area contributed by atoms with Crippen LogP contribution in [0.3, 0.4) is 0 Å². The van der Waals surface area contributed by atoms with E-state index in [-0.39, 0.29) is 12.4 Å². The highest BCUT2D eigenvalue weighted by Crippen LogP contribution is 2.30. The number of halogens is 1. The number of phenolic OH excluding ortho intramolecular Hbond substituents is 1. The lowest BCUT2D eigenvalue weighted by Gasteiger charge is -2.25. The van der Waals surface area contributed by atoms with E-state index >= 15 is 0 Å². The van der Waals surface area contributed by atoms with Gasteiger partial charge in [0, 0.05) is 16.0 Å². The maximum Gasteiger partial charge on any atom is 0.122 e. The monoisotopic (exact) mass is 522 g/mol. The molecule has 4 nitrogen and oxygen atoms in total. The van der Waals surface area contributed by atoms with Gasteiger partial charge >= 0.3 is 0 Å². The maximum atomic E-state index is 10.9.